The van der Waals surface area contributed by atoms with Crippen LogP contribution in [0.4, 0.5) is 0 Å². The van der Waals surface area contributed by atoms with Crippen LogP contribution in [0.2, 0.25) is 0 Å². The van der Waals surface area contributed by atoms with E-state index in [9.17, 15) is 5.11 Å². The number of pyridine rings is 1. The molecule has 2 unspecified atom stereocenters. The number of aromatic nitrogens is 5. The Hall–Kier alpha value is -2.87. The molecular formula is C21H23N7O. The van der Waals surface area contributed by atoms with E-state index in [1.165, 1.54) is 0 Å². The molecule has 0 saturated heterocycles. The first-order valence-corrected chi connectivity index (χ1v) is 10.1. The van der Waals surface area contributed by atoms with Gasteiger partial charge in [0.15, 0.2) is 0 Å². The number of fused-ring (bicyclic) bond motifs is 1. The second-order valence-corrected chi connectivity index (χ2v) is 8.99. The first kappa shape index (κ1) is 17.0. The Morgan fingerprint density at radius 1 is 1.17 bits per heavy atom. The summed E-state index contributed by atoms with van der Waals surface area (Å²) in [6, 6.07) is 3.98. The predicted octanol–water partition coefficient (Wildman–Crippen LogP) is 2.45. The third-order valence-corrected chi connectivity index (χ3v) is 6.88. The van der Waals surface area contributed by atoms with Crippen molar-refractivity contribution in [2.45, 2.75) is 51.4 Å². The van der Waals surface area contributed by atoms with E-state index in [1.54, 1.807) is 18.6 Å². The summed E-state index contributed by atoms with van der Waals surface area (Å²) in [7, 11) is 0. The van der Waals surface area contributed by atoms with Crippen LogP contribution in [0, 0.1) is 17.8 Å². The van der Waals surface area contributed by atoms with Crippen molar-refractivity contribution in [1.82, 2.24) is 29.7 Å². The fourth-order valence-corrected chi connectivity index (χ4v) is 5.66. The smallest absolute Gasteiger partial charge is 0.148 e. The van der Waals surface area contributed by atoms with Crippen molar-refractivity contribution in [3.05, 3.63) is 48.3 Å². The van der Waals surface area contributed by atoms with Crippen LogP contribution in [-0.4, -0.2) is 47.3 Å². The number of aliphatic hydroxyl groups excluding tert-OH is 1. The van der Waals surface area contributed by atoms with E-state index in [-0.39, 0.29) is 16.9 Å². The van der Waals surface area contributed by atoms with Gasteiger partial charge in [0.25, 0.3) is 0 Å². The van der Waals surface area contributed by atoms with Gasteiger partial charge in [0.05, 0.1) is 35.3 Å². The monoisotopic (exact) mass is 389 g/mol. The van der Waals surface area contributed by atoms with Crippen molar-refractivity contribution in [2.24, 2.45) is 15.9 Å². The van der Waals surface area contributed by atoms with Crippen molar-refractivity contribution in [2.75, 3.05) is 0 Å². The topological polar surface area (TPSA) is 92.3 Å². The lowest BCUT2D eigenvalue weighted by Crippen LogP contribution is -2.70. The molecule has 4 aliphatic rings. The van der Waals surface area contributed by atoms with Crippen LogP contribution >= 0.6 is 0 Å². The summed E-state index contributed by atoms with van der Waals surface area (Å²) in [4.78, 5) is 13.2. The molecule has 2 bridgehead atoms. The lowest BCUT2D eigenvalue weighted by Gasteiger charge is -2.72. The van der Waals surface area contributed by atoms with E-state index < -0.39 is 6.23 Å². The zero-order valence-electron chi connectivity index (χ0n) is 16.3. The standard InChI is InChI=1S/C21H23N7O/c1-14-7-24-15(8-23-14)18-4-6-25-28(18)19(29)21-10-20(11-21,12-21)13-27-17-3-2-5-22-16(17)9-26-27/h2-3,5-9,18-19,29H,4,10-13H2,1H3. The van der Waals surface area contributed by atoms with Crippen LogP contribution in [0.15, 0.2) is 42.0 Å². The van der Waals surface area contributed by atoms with E-state index in [4.69, 9.17) is 0 Å². The molecule has 0 radical (unpaired) electrons. The predicted molar refractivity (Wildman–Crippen MR) is 107 cm³/mol. The molecule has 2 atom stereocenters. The van der Waals surface area contributed by atoms with Crippen molar-refractivity contribution in [1.29, 1.82) is 0 Å². The summed E-state index contributed by atoms with van der Waals surface area (Å²) >= 11 is 0. The summed E-state index contributed by atoms with van der Waals surface area (Å²) in [5.41, 5.74) is 3.93. The van der Waals surface area contributed by atoms with Gasteiger partial charge in [-0.1, -0.05) is 0 Å². The van der Waals surface area contributed by atoms with Crippen molar-refractivity contribution in [3.63, 3.8) is 0 Å². The fourth-order valence-electron chi connectivity index (χ4n) is 5.66. The van der Waals surface area contributed by atoms with E-state index >= 15 is 0 Å². The van der Waals surface area contributed by atoms with Gasteiger partial charge in [-0.25, -0.2) is 0 Å². The molecule has 8 heteroatoms. The van der Waals surface area contributed by atoms with Crippen molar-refractivity contribution >= 4 is 17.2 Å². The Balaban J connectivity index is 1.17. The van der Waals surface area contributed by atoms with Gasteiger partial charge >= 0.3 is 0 Å². The molecule has 3 aromatic rings. The number of aryl methyl sites for hydroxylation is 1. The molecule has 3 aromatic heterocycles. The molecule has 29 heavy (non-hydrogen) atoms. The second kappa shape index (κ2) is 5.82. The Bertz CT molecular complexity index is 1090. The van der Waals surface area contributed by atoms with Gasteiger partial charge in [0.1, 0.15) is 11.7 Å². The number of hydrazone groups is 1. The zero-order chi connectivity index (χ0) is 19.6. The Kier molecular flexibility index (Phi) is 3.42. The minimum Gasteiger partial charge on any atom is -0.371 e. The van der Waals surface area contributed by atoms with Gasteiger partial charge in [-0.05, 0) is 43.7 Å². The van der Waals surface area contributed by atoms with E-state index in [2.05, 4.69) is 35.9 Å². The van der Waals surface area contributed by atoms with Crippen LogP contribution in [0.25, 0.3) is 11.0 Å². The molecule has 8 nitrogen and oxygen atoms in total. The summed E-state index contributed by atoms with van der Waals surface area (Å²) in [5, 5.41) is 22.1. The number of aliphatic hydroxyl groups is 1. The molecular weight excluding hydrogens is 366 g/mol. The zero-order valence-corrected chi connectivity index (χ0v) is 16.3. The van der Waals surface area contributed by atoms with Gasteiger partial charge in [-0.15, -0.1) is 0 Å². The Morgan fingerprint density at radius 2 is 2.03 bits per heavy atom. The average molecular weight is 389 g/mol. The molecule has 148 valence electrons. The molecule has 0 amide bonds. The number of hydrogen-bond acceptors (Lipinski definition) is 7. The minimum atomic E-state index is -0.590. The first-order chi connectivity index (χ1) is 14.1. The number of nitrogens with zero attached hydrogens (tertiary/aromatic N) is 7. The third kappa shape index (κ3) is 2.45. The minimum absolute atomic E-state index is 0.0378. The molecule has 1 N–H and O–H groups in total. The van der Waals surface area contributed by atoms with E-state index in [1.807, 2.05) is 30.4 Å². The maximum atomic E-state index is 11.2. The van der Waals surface area contributed by atoms with Crippen LogP contribution in [-0.2, 0) is 6.54 Å². The largest absolute Gasteiger partial charge is 0.371 e. The van der Waals surface area contributed by atoms with Crippen molar-refractivity contribution in [3.8, 4) is 0 Å². The highest BCUT2D eigenvalue weighted by atomic mass is 16.3. The highest BCUT2D eigenvalue weighted by molar-refractivity contribution is 5.73. The fraction of sp³-hybridized carbons (Fsp3) is 0.476. The van der Waals surface area contributed by atoms with Gasteiger partial charge in [-0.2, -0.15) is 10.2 Å². The van der Waals surface area contributed by atoms with Crippen LogP contribution < -0.4 is 0 Å². The summed E-state index contributed by atoms with van der Waals surface area (Å²) in [6.45, 7) is 2.81. The van der Waals surface area contributed by atoms with Gasteiger partial charge in [0.2, 0.25) is 0 Å². The van der Waals surface area contributed by atoms with Crippen LogP contribution in [0.3, 0.4) is 0 Å². The number of rotatable bonds is 5. The quantitative estimate of drug-likeness (QED) is 0.721. The average Bonchev–Trinajstić information content (AvgIpc) is 3.31. The molecule has 4 heterocycles. The molecule has 0 spiro atoms. The first-order valence-electron chi connectivity index (χ1n) is 10.1. The second-order valence-electron chi connectivity index (χ2n) is 8.99. The maximum Gasteiger partial charge on any atom is 0.148 e. The maximum absolute atomic E-state index is 11.2. The van der Waals surface area contributed by atoms with Gasteiger partial charge < -0.3 is 5.11 Å². The van der Waals surface area contributed by atoms with E-state index in [0.29, 0.717) is 0 Å². The van der Waals surface area contributed by atoms with Crippen LogP contribution in [0.5, 0.6) is 0 Å². The van der Waals surface area contributed by atoms with E-state index in [0.717, 1.165) is 54.6 Å². The lowest BCUT2D eigenvalue weighted by atomic mass is 9.34. The molecule has 1 aliphatic heterocycles. The molecule has 3 fully saturated rings. The van der Waals surface area contributed by atoms with Crippen LogP contribution in [0.1, 0.15) is 43.1 Å². The van der Waals surface area contributed by atoms with Gasteiger partial charge in [-0.3, -0.25) is 24.6 Å². The molecule has 7 rings (SSSR count). The third-order valence-electron chi connectivity index (χ3n) is 6.88. The summed E-state index contributed by atoms with van der Waals surface area (Å²) in [6.07, 6.45) is 12.2. The van der Waals surface area contributed by atoms with Crippen molar-refractivity contribution < 1.29 is 5.11 Å². The highest BCUT2D eigenvalue weighted by Crippen LogP contribution is 2.75. The summed E-state index contributed by atoms with van der Waals surface area (Å²) < 4.78 is 2.07. The molecule has 3 saturated carbocycles. The Morgan fingerprint density at radius 3 is 2.83 bits per heavy atom. The molecule has 3 aliphatic carbocycles. The molecule has 0 aromatic carbocycles. The SMILES string of the molecule is Cc1cnc(C2CC=NN2C(O)C23CC(Cn4ncc5ncccc54)(C2)C3)cn1. The lowest BCUT2D eigenvalue weighted by molar-refractivity contribution is -0.297. The summed E-state index contributed by atoms with van der Waals surface area (Å²) in [5.74, 6) is 0. The highest BCUT2D eigenvalue weighted by Gasteiger charge is 2.72. The number of hydrogen-bond donors (Lipinski definition) is 1. The Labute approximate surface area is 168 Å². The normalized spacial score (nSPS) is 31.0. The van der Waals surface area contributed by atoms with Gasteiger partial charge in [0, 0.05) is 37.0 Å².